The first-order chi connectivity index (χ1) is 6.65. The highest BCUT2D eigenvalue weighted by molar-refractivity contribution is 5.75. The molecule has 3 nitrogen and oxygen atoms in total. The molecule has 3 heteroatoms. The van der Waals surface area contributed by atoms with E-state index in [0.29, 0.717) is 6.04 Å². The van der Waals surface area contributed by atoms with Crippen LogP contribution in [-0.4, -0.2) is 25.2 Å². The Morgan fingerprint density at radius 2 is 2.07 bits per heavy atom. The number of unbranched alkanes of at least 4 members (excludes halogenated alkanes) is 1. The third-order valence-electron chi connectivity index (χ3n) is 2.44. The SMILES string of the molecule is CCCCC(CC)NC(C)C(=O)OC. The average Bonchev–Trinajstić information content (AvgIpc) is 2.22. The summed E-state index contributed by atoms with van der Waals surface area (Å²) < 4.78 is 4.66. The van der Waals surface area contributed by atoms with Gasteiger partial charge < -0.3 is 10.1 Å². The maximum absolute atomic E-state index is 11.2. The lowest BCUT2D eigenvalue weighted by Crippen LogP contribution is -2.41. The molecule has 14 heavy (non-hydrogen) atoms. The standard InChI is InChI=1S/C11H23NO2/c1-5-7-8-10(6-2)12-9(3)11(13)14-4/h9-10,12H,5-8H2,1-4H3. The zero-order valence-corrected chi connectivity index (χ0v) is 9.80. The summed E-state index contributed by atoms with van der Waals surface area (Å²) in [5, 5.41) is 3.28. The van der Waals surface area contributed by atoms with Crippen LogP contribution in [0.15, 0.2) is 0 Å². The lowest BCUT2D eigenvalue weighted by molar-refractivity contribution is -0.142. The van der Waals surface area contributed by atoms with Gasteiger partial charge in [-0.05, 0) is 19.8 Å². The normalized spacial score (nSPS) is 14.9. The van der Waals surface area contributed by atoms with Crippen molar-refractivity contribution in [1.29, 1.82) is 0 Å². The van der Waals surface area contributed by atoms with Crippen LogP contribution in [0.3, 0.4) is 0 Å². The highest BCUT2D eigenvalue weighted by Crippen LogP contribution is 2.05. The Labute approximate surface area is 87.2 Å². The Bertz CT molecular complexity index is 159. The summed E-state index contributed by atoms with van der Waals surface area (Å²) in [4.78, 5) is 11.2. The van der Waals surface area contributed by atoms with E-state index in [1.54, 1.807) is 0 Å². The number of esters is 1. The number of hydrogen-bond donors (Lipinski definition) is 1. The van der Waals surface area contributed by atoms with Gasteiger partial charge >= 0.3 is 5.97 Å². The van der Waals surface area contributed by atoms with E-state index in [0.717, 1.165) is 12.8 Å². The molecule has 2 atom stereocenters. The highest BCUT2D eigenvalue weighted by Gasteiger charge is 2.16. The van der Waals surface area contributed by atoms with Crippen LogP contribution in [0.25, 0.3) is 0 Å². The maximum atomic E-state index is 11.2. The fourth-order valence-electron chi connectivity index (χ4n) is 1.45. The second kappa shape index (κ2) is 7.80. The second-order valence-corrected chi connectivity index (χ2v) is 3.66. The van der Waals surface area contributed by atoms with Crippen LogP contribution in [-0.2, 0) is 9.53 Å². The number of ether oxygens (including phenoxy) is 1. The molecule has 2 unspecified atom stereocenters. The van der Waals surface area contributed by atoms with Gasteiger partial charge in [0.05, 0.1) is 7.11 Å². The van der Waals surface area contributed by atoms with E-state index < -0.39 is 0 Å². The third-order valence-corrected chi connectivity index (χ3v) is 2.44. The Kier molecular flexibility index (Phi) is 7.48. The summed E-state index contributed by atoms with van der Waals surface area (Å²) >= 11 is 0. The van der Waals surface area contributed by atoms with Crippen molar-refractivity contribution in [2.24, 2.45) is 0 Å². The highest BCUT2D eigenvalue weighted by atomic mass is 16.5. The summed E-state index contributed by atoms with van der Waals surface area (Å²) in [6.45, 7) is 6.16. The maximum Gasteiger partial charge on any atom is 0.322 e. The van der Waals surface area contributed by atoms with E-state index in [1.165, 1.54) is 20.0 Å². The summed E-state index contributed by atoms with van der Waals surface area (Å²) in [5.41, 5.74) is 0. The minimum atomic E-state index is -0.193. The number of nitrogens with one attached hydrogen (secondary N) is 1. The van der Waals surface area contributed by atoms with Gasteiger partial charge in [0.25, 0.3) is 0 Å². The van der Waals surface area contributed by atoms with Crippen molar-refractivity contribution in [3.8, 4) is 0 Å². The van der Waals surface area contributed by atoms with Crippen molar-refractivity contribution in [1.82, 2.24) is 5.32 Å². The van der Waals surface area contributed by atoms with Crippen LogP contribution in [0.1, 0.15) is 46.5 Å². The van der Waals surface area contributed by atoms with Crippen molar-refractivity contribution < 1.29 is 9.53 Å². The topological polar surface area (TPSA) is 38.3 Å². The first-order valence-corrected chi connectivity index (χ1v) is 5.49. The smallest absolute Gasteiger partial charge is 0.322 e. The second-order valence-electron chi connectivity index (χ2n) is 3.66. The molecule has 0 aliphatic rings. The van der Waals surface area contributed by atoms with Gasteiger partial charge in [-0.25, -0.2) is 0 Å². The summed E-state index contributed by atoms with van der Waals surface area (Å²) in [6.07, 6.45) is 4.60. The zero-order valence-electron chi connectivity index (χ0n) is 9.80. The summed E-state index contributed by atoms with van der Waals surface area (Å²) in [5.74, 6) is -0.181. The van der Waals surface area contributed by atoms with Crippen LogP contribution in [0.2, 0.25) is 0 Å². The van der Waals surface area contributed by atoms with Gasteiger partial charge in [-0.15, -0.1) is 0 Å². The number of carbonyl (C=O) groups is 1. The van der Waals surface area contributed by atoms with Gasteiger partial charge in [0.2, 0.25) is 0 Å². The van der Waals surface area contributed by atoms with Crippen LogP contribution >= 0.6 is 0 Å². The van der Waals surface area contributed by atoms with E-state index in [1.807, 2.05) is 6.92 Å². The van der Waals surface area contributed by atoms with E-state index in [2.05, 4.69) is 23.9 Å². The summed E-state index contributed by atoms with van der Waals surface area (Å²) in [7, 11) is 1.42. The molecular formula is C11H23NO2. The molecule has 0 amide bonds. The molecule has 0 saturated carbocycles. The molecule has 0 heterocycles. The molecule has 0 bridgehead atoms. The molecule has 0 aromatic rings. The van der Waals surface area contributed by atoms with E-state index >= 15 is 0 Å². The predicted octanol–water partition coefficient (Wildman–Crippen LogP) is 2.11. The van der Waals surface area contributed by atoms with Crippen molar-refractivity contribution in [3.05, 3.63) is 0 Å². The van der Waals surface area contributed by atoms with Gasteiger partial charge in [-0.3, -0.25) is 4.79 Å². The van der Waals surface area contributed by atoms with Crippen LogP contribution < -0.4 is 5.32 Å². The molecule has 84 valence electrons. The van der Waals surface area contributed by atoms with Crippen molar-refractivity contribution in [2.45, 2.75) is 58.5 Å². The molecule has 0 radical (unpaired) electrons. The van der Waals surface area contributed by atoms with E-state index in [-0.39, 0.29) is 12.0 Å². The van der Waals surface area contributed by atoms with E-state index in [4.69, 9.17) is 0 Å². The first-order valence-electron chi connectivity index (χ1n) is 5.49. The number of rotatable bonds is 7. The van der Waals surface area contributed by atoms with Crippen LogP contribution in [0.4, 0.5) is 0 Å². The number of methoxy groups -OCH3 is 1. The van der Waals surface area contributed by atoms with E-state index in [9.17, 15) is 4.79 Å². The minimum Gasteiger partial charge on any atom is -0.468 e. The Morgan fingerprint density at radius 1 is 1.43 bits per heavy atom. The zero-order chi connectivity index (χ0) is 11.0. The monoisotopic (exact) mass is 201 g/mol. The molecule has 0 fully saturated rings. The minimum absolute atomic E-state index is 0.181. The molecule has 0 aromatic heterocycles. The van der Waals surface area contributed by atoms with Gasteiger partial charge in [0.1, 0.15) is 6.04 Å². The molecule has 1 N–H and O–H groups in total. The van der Waals surface area contributed by atoms with Crippen molar-refractivity contribution in [3.63, 3.8) is 0 Å². The third kappa shape index (κ3) is 5.22. The Hall–Kier alpha value is -0.570. The quantitative estimate of drug-likeness (QED) is 0.641. The molecule has 0 aromatic carbocycles. The lowest BCUT2D eigenvalue weighted by atomic mass is 10.1. The lowest BCUT2D eigenvalue weighted by Gasteiger charge is -2.20. The van der Waals surface area contributed by atoms with Gasteiger partial charge in [-0.1, -0.05) is 26.7 Å². The van der Waals surface area contributed by atoms with Crippen molar-refractivity contribution >= 4 is 5.97 Å². The Balaban J connectivity index is 3.85. The largest absolute Gasteiger partial charge is 0.468 e. The average molecular weight is 201 g/mol. The Morgan fingerprint density at radius 3 is 2.50 bits per heavy atom. The number of carbonyl (C=O) groups excluding carboxylic acids is 1. The molecule has 0 saturated heterocycles. The van der Waals surface area contributed by atoms with Crippen LogP contribution in [0.5, 0.6) is 0 Å². The molecule has 0 rings (SSSR count). The summed E-state index contributed by atoms with van der Waals surface area (Å²) in [6, 6.07) is 0.242. The van der Waals surface area contributed by atoms with Gasteiger partial charge in [-0.2, -0.15) is 0 Å². The predicted molar refractivity (Wildman–Crippen MR) is 58.2 cm³/mol. The fourth-order valence-corrected chi connectivity index (χ4v) is 1.45. The molecular weight excluding hydrogens is 178 g/mol. The molecule has 0 aliphatic heterocycles. The number of hydrogen-bond acceptors (Lipinski definition) is 3. The fraction of sp³-hybridized carbons (Fsp3) is 0.909. The van der Waals surface area contributed by atoms with Crippen LogP contribution in [0, 0.1) is 0 Å². The molecule has 0 spiro atoms. The molecule has 0 aliphatic carbocycles. The van der Waals surface area contributed by atoms with Gasteiger partial charge in [0, 0.05) is 6.04 Å². The van der Waals surface area contributed by atoms with Crippen molar-refractivity contribution in [2.75, 3.05) is 7.11 Å². The van der Waals surface area contributed by atoms with Gasteiger partial charge in [0.15, 0.2) is 0 Å². The first kappa shape index (κ1) is 13.4.